The van der Waals surface area contributed by atoms with E-state index in [0.29, 0.717) is 23.5 Å². The lowest BCUT2D eigenvalue weighted by atomic mass is 10.1. The van der Waals surface area contributed by atoms with Crippen molar-refractivity contribution in [2.24, 2.45) is 5.92 Å². The Morgan fingerprint density at radius 3 is 2.56 bits per heavy atom. The van der Waals surface area contributed by atoms with Crippen LogP contribution in [0.5, 0.6) is 11.6 Å². The molecule has 0 aliphatic heterocycles. The highest BCUT2D eigenvalue weighted by molar-refractivity contribution is 7.90. The number of carbonyl (C=O) groups is 1. The number of amides is 1. The minimum Gasteiger partial charge on any atom is -0.493 e. The van der Waals surface area contributed by atoms with Crippen molar-refractivity contribution in [2.75, 3.05) is 18.9 Å². The zero-order valence-corrected chi connectivity index (χ0v) is 20.9. The first kappa shape index (κ1) is 26.6. The molecule has 190 valence electrons. The normalized spacial score (nSPS) is 11.2. The third-order valence-electron chi connectivity index (χ3n) is 4.56. The lowest BCUT2D eigenvalue weighted by Gasteiger charge is -2.14. The first-order valence-electron chi connectivity index (χ1n) is 11.0. The number of pyridine rings is 2. The van der Waals surface area contributed by atoms with Crippen LogP contribution in [0.15, 0.2) is 65.7 Å². The van der Waals surface area contributed by atoms with Gasteiger partial charge in [-0.15, -0.1) is 0 Å². The van der Waals surface area contributed by atoms with Crippen LogP contribution in [0.4, 0.5) is 10.2 Å². The fraction of sp³-hybridized carbons (Fsp3) is 0.240. The van der Waals surface area contributed by atoms with E-state index in [9.17, 15) is 17.6 Å². The Labute approximate surface area is 209 Å². The molecule has 0 atom stereocenters. The topological polar surface area (TPSA) is 134 Å². The zero-order valence-electron chi connectivity index (χ0n) is 20.1. The van der Waals surface area contributed by atoms with Crippen LogP contribution in [-0.4, -0.2) is 37.5 Å². The summed E-state index contributed by atoms with van der Waals surface area (Å²) >= 11 is 0. The van der Waals surface area contributed by atoms with Crippen LogP contribution in [0.2, 0.25) is 0 Å². The number of nitrogens with one attached hydrogen (secondary N) is 1. The van der Waals surface area contributed by atoms with Crippen molar-refractivity contribution in [3.63, 3.8) is 0 Å². The number of anilines is 1. The summed E-state index contributed by atoms with van der Waals surface area (Å²) in [5.74, 6) is -1.12. The summed E-state index contributed by atoms with van der Waals surface area (Å²) in [7, 11) is -4.32. The number of nitrogen functional groups attached to an aromatic ring is 1. The Morgan fingerprint density at radius 2 is 1.89 bits per heavy atom. The summed E-state index contributed by atoms with van der Waals surface area (Å²) in [4.78, 5) is 21.0. The second-order valence-corrected chi connectivity index (χ2v) is 10.1. The average Bonchev–Trinajstić information content (AvgIpc) is 2.80. The number of aromatic nitrogens is 2. The van der Waals surface area contributed by atoms with E-state index < -0.39 is 26.8 Å². The van der Waals surface area contributed by atoms with E-state index in [-0.39, 0.29) is 35.5 Å². The highest BCUT2D eigenvalue weighted by atomic mass is 32.2. The standard InChI is InChI=1S/C25H27FN4O5S/c1-15(2)13-34-19-11-17(10-18(26)12-19)21-9-8-20(25(28-21)35-14-16(3)4)24(31)30-36(32,33)23-7-5-6-22(27)29-23/h5-12,15H,3,13-14H2,1-2,4H3,(H2,27,29)(H,30,31). The van der Waals surface area contributed by atoms with Gasteiger partial charge in [0.15, 0.2) is 5.03 Å². The molecule has 0 fully saturated rings. The molecule has 3 aromatic rings. The van der Waals surface area contributed by atoms with Crippen LogP contribution in [0.1, 0.15) is 31.1 Å². The molecule has 3 rings (SSSR count). The first-order chi connectivity index (χ1) is 16.9. The fourth-order valence-corrected chi connectivity index (χ4v) is 3.88. The Bertz CT molecular complexity index is 1390. The van der Waals surface area contributed by atoms with Crippen LogP contribution < -0.4 is 19.9 Å². The predicted molar refractivity (Wildman–Crippen MR) is 134 cm³/mol. The molecule has 0 aliphatic carbocycles. The summed E-state index contributed by atoms with van der Waals surface area (Å²) in [5, 5.41) is -0.418. The molecule has 0 bridgehead atoms. The lowest BCUT2D eigenvalue weighted by molar-refractivity contribution is 0.0977. The molecule has 3 N–H and O–H groups in total. The molecular weight excluding hydrogens is 487 g/mol. The molecule has 0 unspecified atom stereocenters. The summed E-state index contributed by atoms with van der Waals surface area (Å²) in [6.45, 7) is 9.83. The largest absolute Gasteiger partial charge is 0.493 e. The van der Waals surface area contributed by atoms with Gasteiger partial charge in [0.2, 0.25) is 5.88 Å². The Kier molecular flexibility index (Phi) is 8.25. The van der Waals surface area contributed by atoms with Gasteiger partial charge in [0.05, 0.1) is 12.3 Å². The predicted octanol–water partition coefficient (Wildman–Crippen LogP) is 3.97. The minimum atomic E-state index is -4.32. The van der Waals surface area contributed by atoms with E-state index in [1.165, 1.54) is 42.5 Å². The third kappa shape index (κ3) is 7.01. The minimum absolute atomic E-state index is 0.0198. The van der Waals surface area contributed by atoms with Crippen LogP contribution in [0.3, 0.4) is 0 Å². The van der Waals surface area contributed by atoms with Gasteiger partial charge in [0, 0.05) is 11.6 Å². The van der Waals surface area contributed by atoms with Crippen molar-refractivity contribution in [3.05, 3.63) is 72.1 Å². The van der Waals surface area contributed by atoms with Gasteiger partial charge >= 0.3 is 0 Å². The first-order valence-corrected chi connectivity index (χ1v) is 12.4. The molecule has 9 nitrogen and oxygen atoms in total. The molecule has 1 amide bonds. The van der Waals surface area contributed by atoms with E-state index in [1.54, 1.807) is 13.0 Å². The number of rotatable bonds is 10. The number of nitrogens with two attached hydrogens (primary N) is 1. The summed E-state index contributed by atoms with van der Waals surface area (Å²) in [6, 6.07) is 11.0. The van der Waals surface area contributed by atoms with Gasteiger partial charge in [-0.3, -0.25) is 4.79 Å². The van der Waals surface area contributed by atoms with Crippen LogP contribution in [0, 0.1) is 11.7 Å². The number of carbonyl (C=O) groups excluding carboxylic acids is 1. The van der Waals surface area contributed by atoms with Crippen molar-refractivity contribution in [3.8, 4) is 22.9 Å². The molecule has 1 aromatic carbocycles. The molecular formula is C25H27FN4O5S. The third-order valence-corrected chi connectivity index (χ3v) is 5.79. The highest BCUT2D eigenvalue weighted by Crippen LogP contribution is 2.28. The van der Waals surface area contributed by atoms with Crippen molar-refractivity contribution < 1.29 is 27.1 Å². The molecule has 0 radical (unpaired) electrons. The number of benzene rings is 1. The van der Waals surface area contributed by atoms with Crippen LogP contribution >= 0.6 is 0 Å². The SMILES string of the molecule is C=C(C)COc1nc(-c2cc(F)cc(OCC(C)C)c2)ccc1C(=O)NS(=O)(=O)c1cccc(N)n1. The van der Waals surface area contributed by atoms with Gasteiger partial charge < -0.3 is 15.2 Å². The van der Waals surface area contributed by atoms with E-state index in [2.05, 4.69) is 16.5 Å². The Hall–Kier alpha value is -3.99. The summed E-state index contributed by atoms with van der Waals surface area (Å²) < 4.78 is 52.8. The van der Waals surface area contributed by atoms with E-state index >= 15 is 0 Å². The van der Waals surface area contributed by atoms with Gasteiger partial charge in [-0.2, -0.15) is 8.42 Å². The van der Waals surface area contributed by atoms with Gasteiger partial charge in [-0.05, 0) is 54.8 Å². The van der Waals surface area contributed by atoms with Crippen molar-refractivity contribution >= 4 is 21.7 Å². The number of ether oxygens (including phenoxy) is 2. The monoisotopic (exact) mass is 514 g/mol. The van der Waals surface area contributed by atoms with E-state index in [1.807, 2.05) is 18.6 Å². The van der Waals surface area contributed by atoms with Gasteiger partial charge in [-0.25, -0.2) is 19.1 Å². The Morgan fingerprint density at radius 1 is 1.14 bits per heavy atom. The molecule has 2 heterocycles. The van der Waals surface area contributed by atoms with E-state index in [0.717, 1.165) is 0 Å². The lowest BCUT2D eigenvalue weighted by Crippen LogP contribution is -2.31. The summed E-state index contributed by atoms with van der Waals surface area (Å²) in [6.07, 6.45) is 0. The highest BCUT2D eigenvalue weighted by Gasteiger charge is 2.24. The maximum Gasteiger partial charge on any atom is 0.281 e. The summed E-state index contributed by atoms with van der Waals surface area (Å²) in [5.41, 5.74) is 6.72. The van der Waals surface area contributed by atoms with Crippen LogP contribution in [-0.2, 0) is 10.0 Å². The molecule has 0 spiro atoms. The molecule has 0 saturated carbocycles. The fourth-order valence-electron chi connectivity index (χ4n) is 2.94. The molecule has 0 aliphatic rings. The van der Waals surface area contributed by atoms with Gasteiger partial charge in [0.1, 0.15) is 29.6 Å². The van der Waals surface area contributed by atoms with Crippen molar-refractivity contribution in [1.29, 1.82) is 0 Å². The number of sulfonamides is 1. The number of hydrogen-bond donors (Lipinski definition) is 2. The van der Waals surface area contributed by atoms with Crippen molar-refractivity contribution in [1.82, 2.24) is 14.7 Å². The Balaban J connectivity index is 1.96. The maximum absolute atomic E-state index is 14.3. The molecule has 36 heavy (non-hydrogen) atoms. The zero-order chi connectivity index (χ0) is 26.5. The maximum atomic E-state index is 14.3. The number of nitrogens with zero attached hydrogens (tertiary/aromatic N) is 2. The second-order valence-electron chi connectivity index (χ2n) is 8.51. The van der Waals surface area contributed by atoms with Gasteiger partial charge in [-0.1, -0.05) is 26.5 Å². The number of hydrogen-bond acceptors (Lipinski definition) is 8. The van der Waals surface area contributed by atoms with Crippen molar-refractivity contribution in [2.45, 2.75) is 25.8 Å². The van der Waals surface area contributed by atoms with Crippen LogP contribution in [0.25, 0.3) is 11.3 Å². The molecule has 2 aromatic heterocycles. The quantitative estimate of drug-likeness (QED) is 0.388. The van der Waals surface area contributed by atoms with E-state index in [4.69, 9.17) is 15.2 Å². The van der Waals surface area contributed by atoms with Gasteiger partial charge in [0.25, 0.3) is 15.9 Å². The smallest absolute Gasteiger partial charge is 0.281 e. The molecule has 11 heteroatoms. The molecule has 0 saturated heterocycles. The second kappa shape index (κ2) is 11.2. The number of halogens is 1. The average molecular weight is 515 g/mol.